The van der Waals surface area contributed by atoms with Crippen molar-refractivity contribution in [2.75, 3.05) is 0 Å². The molecule has 0 atom stereocenters. The Morgan fingerprint density at radius 2 is 2.06 bits per heavy atom. The lowest BCUT2D eigenvalue weighted by Crippen LogP contribution is -2.27. The number of phenols is 1. The van der Waals surface area contributed by atoms with Crippen LogP contribution in [0.15, 0.2) is 27.8 Å². The summed E-state index contributed by atoms with van der Waals surface area (Å²) in [7, 11) is 0. The van der Waals surface area contributed by atoms with Crippen molar-refractivity contribution in [1.82, 2.24) is 9.97 Å². The van der Waals surface area contributed by atoms with E-state index in [1.807, 2.05) is 0 Å². The van der Waals surface area contributed by atoms with Gasteiger partial charge in [-0.1, -0.05) is 6.07 Å². The minimum absolute atomic E-state index is 0.0689. The Morgan fingerprint density at radius 3 is 2.88 bits per heavy atom. The molecule has 3 N–H and O–H groups in total. The second-order valence-corrected chi connectivity index (χ2v) is 3.79. The van der Waals surface area contributed by atoms with Gasteiger partial charge in [-0.3, -0.25) is 14.8 Å². The topological polar surface area (TPSA) is 95.2 Å². The molecule has 2 heterocycles. The number of benzene rings is 1. The molecule has 0 spiro atoms. The maximum absolute atomic E-state index is 11.6. The first-order valence-corrected chi connectivity index (χ1v) is 4.99. The highest BCUT2D eigenvalue weighted by atomic mass is 16.5. The molecule has 1 aliphatic heterocycles. The van der Waals surface area contributed by atoms with Gasteiger partial charge in [0, 0.05) is 12.5 Å². The van der Waals surface area contributed by atoms with E-state index in [1.165, 1.54) is 12.1 Å². The zero-order chi connectivity index (χ0) is 12.0. The van der Waals surface area contributed by atoms with Crippen molar-refractivity contribution in [1.29, 1.82) is 0 Å². The zero-order valence-electron chi connectivity index (χ0n) is 8.61. The summed E-state index contributed by atoms with van der Waals surface area (Å²) in [6.45, 7) is 0. The number of hydrogen-bond donors (Lipinski definition) is 3. The number of aromatic amines is 2. The van der Waals surface area contributed by atoms with Crippen molar-refractivity contribution in [2.24, 2.45) is 0 Å². The van der Waals surface area contributed by atoms with E-state index in [4.69, 9.17) is 4.74 Å². The largest absolute Gasteiger partial charge is 0.508 e. The Balaban J connectivity index is 2.20. The summed E-state index contributed by atoms with van der Waals surface area (Å²) in [4.78, 5) is 27.2. The Hall–Kier alpha value is -2.50. The summed E-state index contributed by atoms with van der Waals surface area (Å²) < 4.78 is 5.38. The highest BCUT2D eigenvalue weighted by molar-refractivity contribution is 5.48. The molecule has 0 radical (unpaired) electrons. The molecule has 6 nitrogen and oxygen atoms in total. The molecule has 6 heteroatoms. The standard InChI is InChI=1S/C11H8N2O4/c14-6-2-1-5-3-7-9(15)12-11(16)13-10(7)17-8(5)4-6/h1-2,4,14H,3H2,(H2,12,13,15,16). The lowest BCUT2D eigenvalue weighted by Gasteiger charge is -2.18. The maximum atomic E-state index is 11.6. The van der Waals surface area contributed by atoms with Crippen LogP contribution < -0.4 is 16.0 Å². The average Bonchev–Trinajstić information content (AvgIpc) is 2.26. The second kappa shape index (κ2) is 3.24. The van der Waals surface area contributed by atoms with Crippen LogP contribution in [0, 0.1) is 0 Å². The van der Waals surface area contributed by atoms with Crippen LogP contribution in [0.2, 0.25) is 0 Å². The Labute approximate surface area is 94.5 Å². The highest BCUT2D eigenvalue weighted by Gasteiger charge is 2.21. The van der Waals surface area contributed by atoms with Gasteiger partial charge in [0.25, 0.3) is 5.56 Å². The van der Waals surface area contributed by atoms with Crippen LogP contribution in [0.1, 0.15) is 11.1 Å². The van der Waals surface area contributed by atoms with E-state index in [0.29, 0.717) is 17.7 Å². The zero-order valence-corrected chi connectivity index (χ0v) is 8.61. The molecule has 0 amide bonds. The minimum Gasteiger partial charge on any atom is -0.508 e. The van der Waals surface area contributed by atoms with Gasteiger partial charge in [-0.05, 0) is 11.6 Å². The SMILES string of the molecule is O=c1[nH]c2c(c(=O)[nH]1)Cc1ccc(O)cc1O2. The molecule has 0 aliphatic carbocycles. The van der Waals surface area contributed by atoms with Crippen LogP contribution >= 0.6 is 0 Å². The summed E-state index contributed by atoms with van der Waals surface area (Å²) in [5.41, 5.74) is 0.0930. The molecule has 1 aliphatic rings. The molecule has 1 aromatic heterocycles. The normalized spacial score (nSPS) is 12.5. The van der Waals surface area contributed by atoms with Crippen molar-refractivity contribution in [3.63, 3.8) is 0 Å². The fraction of sp³-hybridized carbons (Fsp3) is 0.0909. The number of hydrogen-bond acceptors (Lipinski definition) is 4. The number of H-pyrrole nitrogens is 2. The predicted molar refractivity (Wildman–Crippen MR) is 58.7 cm³/mol. The third-order valence-corrected chi connectivity index (χ3v) is 2.63. The van der Waals surface area contributed by atoms with E-state index in [9.17, 15) is 14.7 Å². The van der Waals surface area contributed by atoms with E-state index < -0.39 is 11.2 Å². The van der Waals surface area contributed by atoms with E-state index in [-0.39, 0.29) is 11.6 Å². The van der Waals surface area contributed by atoms with Crippen LogP contribution in [0.5, 0.6) is 17.4 Å². The van der Waals surface area contributed by atoms with Crippen LogP contribution in [-0.2, 0) is 6.42 Å². The van der Waals surface area contributed by atoms with Crippen LogP contribution in [0.3, 0.4) is 0 Å². The van der Waals surface area contributed by atoms with E-state index in [2.05, 4.69) is 9.97 Å². The van der Waals surface area contributed by atoms with E-state index in [0.717, 1.165) is 5.56 Å². The monoisotopic (exact) mass is 232 g/mol. The summed E-state index contributed by atoms with van der Waals surface area (Å²) in [5, 5.41) is 9.33. The molecule has 3 rings (SSSR count). The van der Waals surface area contributed by atoms with Gasteiger partial charge in [-0.15, -0.1) is 0 Å². The Bertz CT molecular complexity index is 714. The fourth-order valence-electron chi connectivity index (χ4n) is 1.82. The number of ether oxygens (including phenoxy) is 1. The summed E-state index contributed by atoms with van der Waals surface area (Å²) in [6.07, 6.45) is 0.358. The van der Waals surface area contributed by atoms with Gasteiger partial charge in [-0.25, -0.2) is 4.79 Å². The number of aromatic hydroxyl groups is 1. The molecule has 0 fully saturated rings. The molecule has 17 heavy (non-hydrogen) atoms. The van der Waals surface area contributed by atoms with Crippen molar-refractivity contribution in [2.45, 2.75) is 6.42 Å². The van der Waals surface area contributed by atoms with Crippen molar-refractivity contribution >= 4 is 0 Å². The molecule has 1 aromatic carbocycles. The summed E-state index contributed by atoms with van der Waals surface area (Å²) >= 11 is 0. The van der Waals surface area contributed by atoms with E-state index in [1.54, 1.807) is 6.07 Å². The maximum Gasteiger partial charge on any atom is 0.328 e. The lowest BCUT2D eigenvalue weighted by molar-refractivity contribution is 0.424. The third-order valence-electron chi connectivity index (χ3n) is 2.63. The summed E-state index contributed by atoms with van der Waals surface area (Å²) in [6, 6.07) is 4.64. The van der Waals surface area contributed by atoms with Gasteiger partial charge < -0.3 is 9.84 Å². The molecule has 86 valence electrons. The van der Waals surface area contributed by atoms with Gasteiger partial charge in [0.2, 0.25) is 5.88 Å². The molecular weight excluding hydrogens is 224 g/mol. The molecule has 0 saturated carbocycles. The van der Waals surface area contributed by atoms with Crippen molar-refractivity contribution in [3.8, 4) is 17.4 Å². The average molecular weight is 232 g/mol. The first-order valence-electron chi connectivity index (χ1n) is 4.99. The quantitative estimate of drug-likeness (QED) is 0.525. The third kappa shape index (κ3) is 1.50. The van der Waals surface area contributed by atoms with Crippen molar-refractivity contribution in [3.05, 3.63) is 50.2 Å². The van der Waals surface area contributed by atoms with Crippen LogP contribution in [0.25, 0.3) is 0 Å². The van der Waals surface area contributed by atoms with Gasteiger partial charge in [-0.2, -0.15) is 0 Å². The number of nitrogens with one attached hydrogen (secondary N) is 2. The van der Waals surface area contributed by atoms with Gasteiger partial charge >= 0.3 is 5.69 Å². The first kappa shape index (κ1) is 9.71. The number of aromatic nitrogens is 2. The number of fused-ring (bicyclic) bond motifs is 2. The Kier molecular flexibility index (Phi) is 1.85. The molecular formula is C11H8N2O4. The van der Waals surface area contributed by atoms with Crippen molar-refractivity contribution < 1.29 is 9.84 Å². The minimum atomic E-state index is -0.614. The molecule has 0 unspecified atom stereocenters. The molecule has 2 aromatic rings. The van der Waals surface area contributed by atoms with Gasteiger partial charge in [0.05, 0.1) is 5.56 Å². The van der Waals surface area contributed by atoms with Gasteiger partial charge in [0.1, 0.15) is 11.5 Å². The van der Waals surface area contributed by atoms with Gasteiger partial charge in [0.15, 0.2) is 0 Å². The second-order valence-electron chi connectivity index (χ2n) is 3.79. The molecule has 0 bridgehead atoms. The Morgan fingerprint density at radius 1 is 1.24 bits per heavy atom. The highest BCUT2D eigenvalue weighted by Crippen LogP contribution is 2.34. The smallest absolute Gasteiger partial charge is 0.328 e. The summed E-state index contributed by atoms with van der Waals surface area (Å²) in [5.74, 6) is 0.648. The predicted octanol–water partition coefficient (Wildman–Crippen LogP) is 0.465. The van der Waals surface area contributed by atoms with E-state index >= 15 is 0 Å². The number of phenolic OH excluding ortho intramolecular Hbond substituents is 1. The number of rotatable bonds is 0. The lowest BCUT2D eigenvalue weighted by atomic mass is 10.0. The fourth-order valence-corrected chi connectivity index (χ4v) is 1.82. The molecule has 0 saturated heterocycles. The van der Waals surface area contributed by atoms with Crippen LogP contribution in [-0.4, -0.2) is 15.1 Å². The van der Waals surface area contributed by atoms with Crippen LogP contribution in [0.4, 0.5) is 0 Å². The first-order chi connectivity index (χ1) is 8.13.